The molecule has 0 bridgehead atoms. The van der Waals surface area contributed by atoms with Gasteiger partial charge in [-0.15, -0.1) is 0 Å². The molecule has 33 heavy (non-hydrogen) atoms. The molecule has 2 aromatic heterocycles. The van der Waals surface area contributed by atoms with Crippen molar-refractivity contribution in [3.05, 3.63) is 54.6 Å². The minimum Gasteiger partial charge on any atom is -0.351 e. The highest BCUT2D eigenvalue weighted by atomic mass is 32.1. The maximum Gasteiger partial charge on any atom is 0.273 e. The van der Waals surface area contributed by atoms with E-state index >= 15 is 0 Å². The van der Waals surface area contributed by atoms with Gasteiger partial charge in [0.2, 0.25) is 0 Å². The van der Waals surface area contributed by atoms with Crippen LogP contribution in [0.4, 0.5) is 11.5 Å². The third-order valence-electron chi connectivity index (χ3n) is 5.91. The van der Waals surface area contributed by atoms with E-state index in [0.29, 0.717) is 22.5 Å². The number of pyridine rings is 1. The number of amides is 1. The lowest BCUT2D eigenvalue weighted by Crippen LogP contribution is -2.58. The number of thiocarbonyl (C=S) groups is 1. The largest absolute Gasteiger partial charge is 0.351 e. The van der Waals surface area contributed by atoms with Gasteiger partial charge in [-0.05, 0) is 42.4 Å². The molecule has 1 aliphatic rings. The first-order valence-corrected chi connectivity index (χ1v) is 11.5. The predicted octanol–water partition coefficient (Wildman–Crippen LogP) is 3.27. The van der Waals surface area contributed by atoms with Gasteiger partial charge in [0, 0.05) is 51.0 Å². The Hall–Kier alpha value is -3.33. The van der Waals surface area contributed by atoms with Crippen molar-refractivity contribution in [1.29, 1.82) is 0 Å². The molecule has 0 radical (unpaired) electrons. The monoisotopic (exact) mass is 463 g/mol. The second kappa shape index (κ2) is 9.66. The molecule has 1 amide bonds. The molecule has 1 aromatic carbocycles. The number of benzene rings is 1. The molecular formula is C24H29N7OS. The molecular weight excluding hydrogens is 434 g/mol. The van der Waals surface area contributed by atoms with Gasteiger partial charge in [0.1, 0.15) is 11.5 Å². The van der Waals surface area contributed by atoms with Crippen LogP contribution in [0.25, 0.3) is 10.9 Å². The Labute approximate surface area is 199 Å². The Bertz CT molecular complexity index is 1160. The maximum atomic E-state index is 12.3. The van der Waals surface area contributed by atoms with E-state index in [1.165, 1.54) is 11.1 Å². The first kappa shape index (κ1) is 22.8. The van der Waals surface area contributed by atoms with Gasteiger partial charge >= 0.3 is 0 Å². The average Bonchev–Trinajstić information content (AvgIpc) is 2.83. The second-order valence-corrected chi connectivity index (χ2v) is 9.11. The molecule has 3 heterocycles. The zero-order chi connectivity index (χ0) is 23.5. The first-order chi connectivity index (χ1) is 15.8. The van der Waals surface area contributed by atoms with E-state index in [-0.39, 0.29) is 11.9 Å². The van der Waals surface area contributed by atoms with Crippen molar-refractivity contribution in [3.63, 3.8) is 0 Å². The van der Waals surface area contributed by atoms with Gasteiger partial charge < -0.3 is 20.0 Å². The fourth-order valence-electron chi connectivity index (χ4n) is 4.08. The number of nitrogens with zero attached hydrogens (tertiary/aromatic N) is 6. The molecule has 9 heteroatoms. The smallest absolute Gasteiger partial charge is 0.273 e. The number of hydrogen-bond donors (Lipinski definition) is 1. The number of piperazine rings is 1. The van der Waals surface area contributed by atoms with Crippen LogP contribution >= 0.6 is 12.2 Å². The van der Waals surface area contributed by atoms with E-state index in [4.69, 9.17) is 12.2 Å². The van der Waals surface area contributed by atoms with Gasteiger partial charge in [-0.2, -0.15) is 0 Å². The fraction of sp³-hybridized carbons (Fsp3) is 0.375. The molecule has 172 valence electrons. The van der Waals surface area contributed by atoms with Crippen LogP contribution in [0.3, 0.4) is 0 Å². The highest BCUT2D eigenvalue weighted by molar-refractivity contribution is 7.80. The quantitative estimate of drug-likeness (QED) is 0.591. The molecule has 1 atom stereocenters. The number of aromatic nitrogens is 3. The maximum absolute atomic E-state index is 12.3. The number of anilines is 2. The van der Waals surface area contributed by atoms with Crippen LogP contribution in [0.5, 0.6) is 0 Å². The van der Waals surface area contributed by atoms with E-state index in [1.807, 2.05) is 30.3 Å². The van der Waals surface area contributed by atoms with Crippen LogP contribution in [0, 0.1) is 5.92 Å². The molecule has 0 spiro atoms. The summed E-state index contributed by atoms with van der Waals surface area (Å²) in [6, 6.07) is 10.2. The van der Waals surface area contributed by atoms with Crippen molar-refractivity contribution in [1.82, 2.24) is 24.8 Å². The van der Waals surface area contributed by atoms with Gasteiger partial charge in [0.15, 0.2) is 5.11 Å². The van der Waals surface area contributed by atoms with E-state index in [9.17, 15) is 4.79 Å². The lowest BCUT2D eigenvalue weighted by Gasteiger charge is -2.45. The number of carbonyl (C=O) groups is 1. The Balaban J connectivity index is 1.52. The van der Waals surface area contributed by atoms with Crippen LogP contribution in [-0.4, -0.2) is 75.5 Å². The normalized spacial score (nSPS) is 16.2. The van der Waals surface area contributed by atoms with E-state index in [2.05, 4.69) is 43.9 Å². The predicted molar refractivity (Wildman–Crippen MR) is 136 cm³/mol. The highest BCUT2D eigenvalue weighted by Gasteiger charge is 2.32. The molecule has 8 nitrogen and oxygen atoms in total. The average molecular weight is 464 g/mol. The third-order valence-corrected chi connectivity index (χ3v) is 6.24. The number of fused-ring (bicyclic) bond motifs is 1. The van der Waals surface area contributed by atoms with E-state index in [1.54, 1.807) is 26.5 Å². The van der Waals surface area contributed by atoms with Crippen molar-refractivity contribution in [3.8, 4) is 0 Å². The SMILES string of the molecule is CC(C)C1CN(c2cncc(C(=O)N(C)C)n2)CCN1C(=S)Nc1cccc2ncccc12. The lowest BCUT2D eigenvalue weighted by molar-refractivity contribution is 0.0821. The van der Waals surface area contributed by atoms with Crippen LogP contribution < -0.4 is 10.2 Å². The molecule has 1 N–H and O–H groups in total. The Morgan fingerprint density at radius 3 is 2.76 bits per heavy atom. The Morgan fingerprint density at radius 1 is 1.18 bits per heavy atom. The van der Waals surface area contributed by atoms with Crippen LogP contribution in [-0.2, 0) is 0 Å². The van der Waals surface area contributed by atoms with Gasteiger partial charge in [0.05, 0.1) is 24.0 Å². The molecule has 1 fully saturated rings. The number of carbonyl (C=O) groups excluding carboxylic acids is 1. The van der Waals surface area contributed by atoms with E-state index < -0.39 is 0 Å². The zero-order valence-electron chi connectivity index (χ0n) is 19.4. The van der Waals surface area contributed by atoms with Crippen molar-refractivity contribution in [2.75, 3.05) is 43.9 Å². The topological polar surface area (TPSA) is 77.5 Å². The van der Waals surface area contributed by atoms with Crippen LogP contribution in [0.15, 0.2) is 48.9 Å². The summed E-state index contributed by atoms with van der Waals surface area (Å²) < 4.78 is 0. The van der Waals surface area contributed by atoms with Crippen molar-refractivity contribution >= 4 is 45.6 Å². The summed E-state index contributed by atoms with van der Waals surface area (Å²) in [4.78, 5) is 31.6. The summed E-state index contributed by atoms with van der Waals surface area (Å²) in [6.07, 6.45) is 5.03. The highest BCUT2D eigenvalue weighted by Crippen LogP contribution is 2.25. The summed E-state index contributed by atoms with van der Waals surface area (Å²) in [5.41, 5.74) is 2.24. The summed E-state index contributed by atoms with van der Waals surface area (Å²) in [5.74, 6) is 0.923. The van der Waals surface area contributed by atoms with Gasteiger partial charge in [0.25, 0.3) is 5.91 Å². The molecule has 1 unspecified atom stereocenters. The summed E-state index contributed by atoms with van der Waals surface area (Å²) in [5, 5.41) is 5.19. The van der Waals surface area contributed by atoms with Crippen molar-refractivity contribution in [2.24, 2.45) is 5.92 Å². The lowest BCUT2D eigenvalue weighted by atomic mass is 10.00. The van der Waals surface area contributed by atoms with Gasteiger partial charge in [-0.25, -0.2) is 4.98 Å². The zero-order valence-corrected chi connectivity index (χ0v) is 20.2. The number of rotatable bonds is 4. The van der Waals surface area contributed by atoms with Gasteiger partial charge in [-0.1, -0.05) is 19.9 Å². The number of nitrogens with one attached hydrogen (secondary N) is 1. The third kappa shape index (κ3) is 4.88. The summed E-state index contributed by atoms with van der Waals surface area (Å²) in [6.45, 7) is 6.61. The Kier molecular flexibility index (Phi) is 6.69. The van der Waals surface area contributed by atoms with Crippen molar-refractivity contribution < 1.29 is 4.79 Å². The molecule has 3 aromatic rings. The summed E-state index contributed by atoms with van der Waals surface area (Å²) >= 11 is 5.85. The first-order valence-electron chi connectivity index (χ1n) is 11.0. The fourth-order valence-corrected chi connectivity index (χ4v) is 4.42. The molecule has 1 saturated heterocycles. The minimum absolute atomic E-state index is 0.154. The summed E-state index contributed by atoms with van der Waals surface area (Å²) in [7, 11) is 3.43. The molecule has 0 saturated carbocycles. The molecule has 4 rings (SSSR count). The Morgan fingerprint density at radius 2 is 2.00 bits per heavy atom. The van der Waals surface area contributed by atoms with E-state index in [0.717, 1.165) is 36.2 Å². The van der Waals surface area contributed by atoms with Crippen LogP contribution in [0.1, 0.15) is 24.3 Å². The number of hydrogen-bond acceptors (Lipinski definition) is 6. The molecule has 0 aliphatic carbocycles. The standard InChI is InChI=1S/C24H29N7OS/c1-16(2)21-15-30(22-14-25-13-20(27-22)23(32)29(3)4)11-12-31(21)24(33)28-19-9-5-8-18-17(19)7-6-10-26-18/h5-10,13-14,16,21H,11-12,15H2,1-4H3,(H,28,33). The second-order valence-electron chi connectivity index (χ2n) is 8.72. The van der Waals surface area contributed by atoms with Crippen molar-refractivity contribution in [2.45, 2.75) is 19.9 Å². The molecule has 1 aliphatic heterocycles. The van der Waals surface area contributed by atoms with Crippen LogP contribution in [0.2, 0.25) is 0 Å². The van der Waals surface area contributed by atoms with Gasteiger partial charge in [-0.3, -0.25) is 14.8 Å². The minimum atomic E-state index is -0.154.